The third-order valence-corrected chi connectivity index (χ3v) is 5.14. The Hall–Kier alpha value is -0.570. The van der Waals surface area contributed by atoms with E-state index in [0.717, 1.165) is 13.1 Å². The summed E-state index contributed by atoms with van der Waals surface area (Å²) < 4.78 is 0. The van der Waals surface area contributed by atoms with Gasteiger partial charge in [-0.05, 0) is 24.7 Å². The topological polar surface area (TPSA) is 32.3 Å². The molecule has 0 aromatic carbocycles. The van der Waals surface area contributed by atoms with E-state index >= 15 is 0 Å². The first-order valence-corrected chi connectivity index (χ1v) is 6.72. The van der Waals surface area contributed by atoms with Crippen LogP contribution in [0.5, 0.6) is 0 Å². The number of hydrogen-bond acceptors (Lipinski definition) is 2. The van der Waals surface area contributed by atoms with Gasteiger partial charge in [-0.3, -0.25) is 4.79 Å². The van der Waals surface area contributed by atoms with Crippen molar-refractivity contribution in [3.05, 3.63) is 0 Å². The van der Waals surface area contributed by atoms with Crippen molar-refractivity contribution in [2.75, 3.05) is 13.1 Å². The van der Waals surface area contributed by atoms with Crippen LogP contribution in [-0.4, -0.2) is 36.0 Å². The molecular weight excluding hydrogens is 212 g/mol. The van der Waals surface area contributed by atoms with Gasteiger partial charge in [0.1, 0.15) is 0 Å². The molecule has 0 radical (unpaired) electrons. The molecule has 0 bridgehead atoms. The average Bonchev–Trinajstić information content (AvgIpc) is 2.54. The molecule has 1 N–H and O–H groups in total. The Labute approximate surface area is 105 Å². The summed E-state index contributed by atoms with van der Waals surface area (Å²) in [6.45, 7) is 14.9. The summed E-state index contributed by atoms with van der Waals surface area (Å²) in [6.07, 6.45) is 0. The second-order valence-electron chi connectivity index (χ2n) is 7.09. The number of hydrogen-bond donors (Lipinski definition) is 1. The fraction of sp³-hybridized carbons (Fsp3) is 0.929. The maximum atomic E-state index is 12.6. The Balaban J connectivity index is 2.07. The molecule has 1 aliphatic carbocycles. The molecule has 3 heteroatoms. The highest BCUT2D eigenvalue weighted by molar-refractivity contribution is 5.84. The monoisotopic (exact) mass is 238 g/mol. The molecule has 2 aliphatic rings. The minimum Gasteiger partial charge on any atom is -0.339 e. The fourth-order valence-corrected chi connectivity index (χ4v) is 3.50. The molecule has 0 aromatic heterocycles. The molecule has 2 rings (SSSR count). The summed E-state index contributed by atoms with van der Waals surface area (Å²) in [5.41, 5.74) is 0.308. The highest BCUT2D eigenvalue weighted by atomic mass is 16.2. The number of rotatable bonds is 1. The van der Waals surface area contributed by atoms with E-state index < -0.39 is 0 Å². The molecule has 2 fully saturated rings. The quantitative estimate of drug-likeness (QED) is 0.756. The van der Waals surface area contributed by atoms with Gasteiger partial charge in [0.25, 0.3) is 0 Å². The Kier molecular flexibility index (Phi) is 2.81. The summed E-state index contributed by atoms with van der Waals surface area (Å²) in [7, 11) is 0. The van der Waals surface area contributed by atoms with E-state index in [1.807, 2.05) is 0 Å². The summed E-state index contributed by atoms with van der Waals surface area (Å²) in [4.78, 5) is 14.6. The Morgan fingerprint density at radius 2 is 1.47 bits per heavy atom. The van der Waals surface area contributed by atoms with Gasteiger partial charge in [-0.25, -0.2) is 0 Å². The number of amides is 1. The van der Waals surface area contributed by atoms with Crippen LogP contribution in [-0.2, 0) is 4.79 Å². The largest absolute Gasteiger partial charge is 0.339 e. The third-order valence-electron chi connectivity index (χ3n) is 5.14. The van der Waals surface area contributed by atoms with E-state index in [0.29, 0.717) is 18.0 Å². The van der Waals surface area contributed by atoms with Crippen molar-refractivity contribution in [1.82, 2.24) is 10.2 Å². The van der Waals surface area contributed by atoms with E-state index in [-0.39, 0.29) is 16.7 Å². The summed E-state index contributed by atoms with van der Waals surface area (Å²) in [6, 6.07) is 0.820. The van der Waals surface area contributed by atoms with Crippen LogP contribution in [0.1, 0.15) is 41.5 Å². The van der Waals surface area contributed by atoms with Gasteiger partial charge in [-0.2, -0.15) is 0 Å². The minimum atomic E-state index is 0.154. The molecule has 98 valence electrons. The molecule has 2 atom stereocenters. The Morgan fingerprint density at radius 3 is 1.82 bits per heavy atom. The third kappa shape index (κ3) is 1.88. The number of piperazine rings is 1. The number of nitrogens with zero attached hydrogens (tertiary/aromatic N) is 1. The number of carbonyl (C=O) groups is 1. The van der Waals surface area contributed by atoms with E-state index in [9.17, 15) is 4.79 Å². The Bertz CT molecular complexity index is 311. The van der Waals surface area contributed by atoms with E-state index in [4.69, 9.17) is 0 Å². The van der Waals surface area contributed by atoms with Crippen LogP contribution < -0.4 is 5.32 Å². The predicted molar refractivity (Wildman–Crippen MR) is 69.7 cm³/mol. The van der Waals surface area contributed by atoms with E-state index in [1.54, 1.807) is 0 Å². The number of carbonyl (C=O) groups excluding carboxylic acids is 1. The van der Waals surface area contributed by atoms with E-state index in [2.05, 4.69) is 51.8 Å². The molecule has 1 aliphatic heterocycles. The first-order valence-electron chi connectivity index (χ1n) is 6.72. The van der Waals surface area contributed by atoms with Crippen molar-refractivity contribution in [1.29, 1.82) is 0 Å². The van der Waals surface area contributed by atoms with Crippen molar-refractivity contribution < 1.29 is 4.79 Å². The highest BCUT2D eigenvalue weighted by Gasteiger charge is 2.68. The second kappa shape index (κ2) is 3.71. The molecule has 1 amide bonds. The zero-order valence-corrected chi connectivity index (χ0v) is 12.0. The lowest BCUT2D eigenvalue weighted by atomic mass is 10.0. The second-order valence-corrected chi connectivity index (χ2v) is 7.09. The average molecular weight is 238 g/mol. The van der Waals surface area contributed by atoms with Gasteiger partial charge in [0.2, 0.25) is 5.91 Å². The maximum absolute atomic E-state index is 12.6. The molecule has 3 nitrogen and oxygen atoms in total. The van der Waals surface area contributed by atoms with Gasteiger partial charge in [0.15, 0.2) is 0 Å². The van der Waals surface area contributed by atoms with Gasteiger partial charge in [-0.1, -0.05) is 27.7 Å². The maximum Gasteiger partial charge on any atom is 0.226 e. The minimum absolute atomic E-state index is 0.154. The van der Waals surface area contributed by atoms with Crippen LogP contribution in [0.2, 0.25) is 0 Å². The van der Waals surface area contributed by atoms with Crippen molar-refractivity contribution in [3.63, 3.8) is 0 Å². The lowest BCUT2D eigenvalue weighted by Gasteiger charge is -2.36. The van der Waals surface area contributed by atoms with Crippen molar-refractivity contribution >= 4 is 5.91 Å². The summed E-state index contributed by atoms with van der Waals surface area (Å²) in [5, 5.41) is 3.47. The normalized spacial score (nSPS) is 35.8. The van der Waals surface area contributed by atoms with Crippen LogP contribution in [0.3, 0.4) is 0 Å². The molecule has 1 heterocycles. The first-order chi connectivity index (χ1) is 7.68. The van der Waals surface area contributed by atoms with Gasteiger partial charge in [0.05, 0.1) is 0 Å². The SMILES string of the molecule is CC1CN(C(=O)C2C(C)(C)C2(C)C)CC(C)N1. The molecule has 0 spiro atoms. The van der Waals surface area contributed by atoms with Crippen molar-refractivity contribution in [2.24, 2.45) is 16.7 Å². The molecule has 1 saturated heterocycles. The lowest BCUT2D eigenvalue weighted by Crippen LogP contribution is -2.56. The standard InChI is InChI=1S/C14H26N2O/c1-9-7-16(8-10(2)15-9)12(17)11-13(3,4)14(11,5)6/h9-11,15H,7-8H2,1-6H3. The van der Waals surface area contributed by atoms with Gasteiger partial charge in [-0.15, -0.1) is 0 Å². The first kappa shape index (κ1) is 12.9. The summed E-state index contributed by atoms with van der Waals surface area (Å²) in [5.74, 6) is 0.563. The van der Waals surface area contributed by atoms with Gasteiger partial charge >= 0.3 is 0 Å². The van der Waals surface area contributed by atoms with Crippen molar-refractivity contribution in [2.45, 2.75) is 53.6 Å². The van der Waals surface area contributed by atoms with Crippen LogP contribution >= 0.6 is 0 Å². The smallest absolute Gasteiger partial charge is 0.226 e. The highest BCUT2D eigenvalue weighted by Crippen LogP contribution is 2.68. The molecule has 17 heavy (non-hydrogen) atoms. The van der Waals surface area contributed by atoms with Gasteiger partial charge in [0, 0.05) is 31.1 Å². The van der Waals surface area contributed by atoms with Gasteiger partial charge < -0.3 is 10.2 Å². The molecule has 1 saturated carbocycles. The summed E-state index contributed by atoms with van der Waals surface area (Å²) >= 11 is 0. The van der Waals surface area contributed by atoms with Crippen LogP contribution in [0.15, 0.2) is 0 Å². The fourth-order valence-electron chi connectivity index (χ4n) is 3.50. The van der Waals surface area contributed by atoms with Crippen molar-refractivity contribution in [3.8, 4) is 0 Å². The van der Waals surface area contributed by atoms with Crippen LogP contribution in [0, 0.1) is 16.7 Å². The molecule has 2 unspecified atom stereocenters. The van der Waals surface area contributed by atoms with E-state index in [1.165, 1.54) is 0 Å². The predicted octanol–water partition coefficient (Wildman–Crippen LogP) is 1.88. The van der Waals surface area contributed by atoms with Crippen LogP contribution in [0.4, 0.5) is 0 Å². The number of nitrogens with one attached hydrogen (secondary N) is 1. The molecular formula is C14H26N2O. The lowest BCUT2D eigenvalue weighted by molar-refractivity contribution is -0.135. The zero-order chi connectivity index (χ0) is 13.0. The molecule has 0 aromatic rings. The Morgan fingerprint density at radius 1 is 1.06 bits per heavy atom. The zero-order valence-electron chi connectivity index (χ0n) is 12.0. The van der Waals surface area contributed by atoms with Crippen LogP contribution in [0.25, 0.3) is 0 Å².